The molecule has 0 aromatic heterocycles. The Labute approximate surface area is 109 Å². The van der Waals surface area contributed by atoms with E-state index in [1.165, 1.54) is 0 Å². The van der Waals surface area contributed by atoms with E-state index < -0.39 is 5.41 Å². The highest BCUT2D eigenvalue weighted by Crippen LogP contribution is 2.52. The zero-order chi connectivity index (χ0) is 13.3. The molecule has 0 aliphatic heterocycles. The van der Waals surface area contributed by atoms with Crippen LogP contribution >= 0.6 is 0 Å². The molecule has 2 aliphatic rings. The number of ketones is 1. The molecule has 2 rings (SSSR count). The highest BCUT2D eigenvalue weighted by molar-refractivity contribution is 5.87. The second kappa shape index (κ2) is 5.02. The number of esters is 1. The van der Waals surface area contributed by atoms with Crippen LogP contribution in [-0.2, 0) is 14.3 Å². The fourth-order valence-electron chi connectivity index (χ4n) is 3.90. The van der Waals surface area contributed by atoms with Crippen LogP contribution in [0.2, 0.25) is 0 Å². The number of Topliss-reactive ketones (excluding diaryl/α,β-unsaturated/α-hetero) is 1. The quantitative estimate of drug-likeness (QED) is 0.710. The van der Waals surface area contributed by atoms with E-state index in [9.17, 15) is 9.59 Å². The minimum Gasteiger partial charge on any atom is -0.466 e. The van der Waals surface area contributed by atoms with Gasteiger partial charge in [0.1, 0.15) is 5.78 Å². The molecule has 0 amide bonds. The second-order valence-corrected chi connectivity index (χ2v) is 6.07. The lowest BCUT2D eigenvalue weighted by Crippen LogP contribution is -2.53. The van der Waals surface area contributed by atoms with Crippen molar-refractivity contribution in [1.29, 1.82) is 0 Å². The molecular weight excluding hydrogens is 228 g/mol. The van der Waals surface area contributed by atoms with Crippen molar-refractivity contribution in [2.75, 3.05) is 6.61 Å². The Balaban J connectivity index is 2.30. The molecule has 0 radical (unpaired) electrons. The number of carbonyl (C=O) groups is 2. The zero-order valence-electron chi connectivity index (χ0n) is 11.7. The van der Waals surface area contributed by atoms with Crippen LogP contribution in [0, 0.1) is 23.2 Å². The first-order chi connectivity index (χ1) is 8.51. The minimum absolute atomic E-state index is 0.0955. The fraction of sp³-hybridized carbons (Fsp3) is 0.867. The minimum atomic E-state index is -0.463. The lowest BCUT2D eigenvalue weighted by Gasteiger charge is -2.49. The molecule has 102 valence electrons. The monoisotopic (exact) mass is 252 g/mol. The molecule has 2 aliphatic carbocycles. The summed E-state index contributed by atoms with van der Waals surface area (Å²) < 4.78 is 5.29. The van der Waals surface area contributed by atoms with Crippen molar-refractivity contribution in [1.82, 2.24) is 0 Å². The Hall–Kier alpha value is -0.860. The van der Waals surface area contributed by atoms with Gasteiger partial charge >= 0.3 is 5.97 Å². The van der Waals surface area contributed by atoms with Crippen molar-refractivity contribution in [3.63, 3.8) is 0 Å². The third kappa shape index (κ3) is 1.98. The molecule has 0 unspecified atom stereocenters. The van der Waals surface area contributed by atoms with Gasteiger partial charge in [-0.05, 0) is 38.5 Å². The molecule has 0 aromatic rings. The van der Waals surface area contributed by atoms with Crippen molar-refractivity contribution in [2.45, 2.75) is 52.9 Å². The maximum Gasteiger partial charge on any atom is 0.312 e. The predicted octanol–water partition coefficient (Wildman–Crippen LogP) is 2.97. The molecule has 0 aromatic carbocycles. The molecule has 2 saturated carbocycles. The smallest absolute Gasteiger partial charge is 0.312 e. The lowest BCUT2D eigenvalue weighted by molar-refractivity contribution is -0.171. The van der Waals surface area contributed by atoms with Crippen molar-refractivity contribution >= 4 is 11.8 Å². The summed E-state index contributed by atoms with van der Waals surface area (Å²) >= 11 is 0. The van der Waals surface area contributed by atoms with Crippen LogP contribution in [0.5, 0.6) is 0 Å². The first-order valence-electron chi connectivity index (χ1n) is 7.21. The van der Waals surface area contributed by atoms with Crippen LogP contribution in [0.4, 0.5) is 0 Å². The molecular formula is C15H24O3. The topological polar surface area (TPSA) is 43.4 Å². The summed E-state index contributed by atoms with van der Waals surface area (Å²) in [5, 5.41) is 0. The summed E-state index contributed by atoms with van der Waals surface area (Å²) in [5.74, 6) is 0.671. The Kier molecular flexibility index (Phi) is 3.79. The van der Waals surface area contributed by atoms with Crippen molar-refractivity contribution in [2.24, 2.45) is 23.2 Å². The summed E-state index contributed by atoms with van der Waals surface area (Å²) in [7, 11) is 0. The summed E-state index contributed by atoms with van der Waals surface area (Å²) in [6, 6.07) is 0. The summed E-state index contributed by atoms with van der Waals surface area (Å²) in [6.45, 7) is 6.31. The van der Waals surface area contributed by atoms with Crippen LogP contribution in [0.3, 0.4) is 0 Å². The van der Waals surface area contributed by atoms with Gasteiger partial charge in [0.2, 0.25) is 0 Å². The van der Waals surface area contributed by atoms with E-state index in [0.717, 1.165) is 25.7 Å². The third-order valence-corrected chi connectivity index (χ3v) is 5.20. The zero-order valence-corrected chi connectivity index (χ0v) is 11.7. The van der Waals surface area contributed by atoms with Gasteiger partial charge in [-0.2, -0.15) is 0 Å². The van der Waals surface area contributed by atoms with Crippen LogP contribution in [-0.4, -0.2) is 18.4 Å². The van der Waals surface area contributed by atoms with Gasteiger partial charge < -0.3 is 4.74 Å². The van der Waals surface area contributed by atoms with E-state index in [1.807, 2.05) is 20.8 Å². The number of hydrogen-bond donors (Lipinski definition) is 0. The van der Waals surface area contributed by atoms with Crippen molar-refractivity contribution < 1.29 is 14.3 Å². The van der Waals surface area contributed by atoms with Crippen molar-refractivity contribution in [3.8, 4) is 0 Å². The first-order valence-corrected chi connectivity index (χ1v) is 7.21. The second-order valence-electron chi connectivity index (χ2n) is 6.07. The van der Waals surface area contributed by atoms with E-state index in [4.69, 9.17) is 4.74 Å². The Bertz CT molecular complexity index is 350. The number of ether oxygens (including phenoxy) is 1. The van der Waals surface area contributed by atoms with Crippen LogP contribution in [0.15, 0.2) is 0 Å². The Morgan fingerprint density at radius 1 is 1.39 bits per heavy atom. The average Bonchev–Trinajstić information content (AvgIpc) is 2.36. The summed E-state index contributed by atoms with van der Waals surface area (Å²) in [4.78, 5) is 24.5. The Morgan fingerprint density at radius 2 is 2.06 bits per heavy atom. The van der Waals surface area contributed by atoms with Gasteiger partial charge in [-0.15, -0.1) is 0 Å². The molecule has 18 heavy (non-hydrogen) atoms. The molecule has 0 saturated heterocycles. The SMILES string of the molecule is CCOC(=O)[C@@]1(C)[C@H](C)CC(=O)[C@H]2CCCC[C@@H]21. The van der Waals surface area contributed by atoms with E-state index in [1.54, 1.807) is 0 Å². The van der Waals surface area contributed by atoms with Crippen LogP contribution in [0.25, 0.3) is 0 Å². The first kappa shape index (κ1) is 13.6. The lowest BCUT2D eigenvalue weighted by atomic mass is 9.53. The van der Waals surface area contributed by atoms with Gasteiger partial charge in [0.25, 0.3) is 0 Å². The maximum absolute atomic E-state index is 12.4. The van der Waals surface area contributed by atoms with Crippen LogP contribution < -0.4 is 0 Å². The van der Waals surface area contributed by atoms with E-state index in [0.29, 0.717) is 18.8 Å². The number of carbonyl (C=O) groups excluding carboxylic acids is 2. The molecule has 3 nitrogen and oxygen atoms in total. The highest BCUT2D eigenvalue weighted by atomic mass is 16.5. The van der Waals surface area contributed by atoms with Gasteiger partial charge in [-0.25, -0.2) is 0 Å². The van der Waals surface area contributed by atoms with Gasteiger partial charge in [-0.3, -0.25) is 9.59 Å². The standard InChI is InChI=1S/C15H24O3/c1-4-18-14(17)15(3)10(2)9-13(16)11-7-5-6-8-12(11)15/h10-12H,4-9H2,1-3H3/t10-,11+,12+,15+/m1/s1. The largest absolute Gasteiger partial charge is 0.466 e. The van der Waals surface area contributed by atoms with Crippen molar-refractivity contribution in [3.05, 3.63) is 0 Å². The molecule has 0 bridgehead atoms. The van der Waals surface area contributed by atoms with Gasteiger partial charge in [-0.1, -0.05) is 19.8 Å². The maximum atomic E-state index is 12.4. The fourth-order valence-corrected chi connectivity index (χ4v) is 3.90. The highest BCUT2D eigenvalue weighted by Gasteiger charge is 2.55. The molecule has 0 spiro atoms. The predicted molar refractivity (Wildman–Crippen MR) is 69.0 cm³/mol. The van der Waals surface area contributed by atoms with Gasteiger partial charge in [0, 0.05) is 12.3 Å². The molecule has 0 heterocycles. The van der Waals surface area contributed by atoms with Gasteiger partial charge in [0.05, 0.1) is 12.0 Å². The number of rotatable bonds is 2. The number of fused-ring (bicyclic) bond motifs is 1. The van der Waals surface area contributed by atoms with Gasteiger partial charge in [0.15, 0.2) is 0 Å². The van der Waals surface area contributed by atoms with E-state index >= 15 is 0 Å². The third-order valence-electron chi connectivity index (χ3n) is 5.20. The average molecular weight is 252 g/mol. The number of hydrogen-bond acceptors (Lipinski definition) is 3. The van der Waals surface area contributed by atoms with E-state index in [2.05, 4.69) is 0 Å². The molecule has 2 fully saturated rings. The Morgan fingerprint density at radius 3 is 2.72 bits per heavy atom. The summed E-state index contributed by atoms with van der Waals surface area (Å²) in [5.41, 5.74) is -0.463. The normalized spacial score (nSPS) is 40.2. The molecule has 0 N–H and O–H groups in total. The van der Waals surface area contributed by atoms with Crippen LogP contribution in [0.1, 0.15) is 52.9 Å². The molecule has 3 heteroatoms. The molecule has 4 atom stereocenters. The summed E-state index contributed by atoms with van der Waals surface area (Å²) in [6.07, 6.45) is 4.76. The van der Waals surface area contributed by atoms with E-state index in [-0.39, 0.29) is 23.7 Å².